The molecule has 0 amide bonds. The third kappa shape index (κ3) is 2.71. The minimum atomic E-state index is -0.303. The van der Waals surface area contributed by atoms with Gasteiger partial charge in [-0.05, 0) is 49.2 Å². The Morgan fingerprint density at radius 2 is 1.88 bits per heavy atom. The molecule has 0 saturated heterocycles. The number of benzene rings is 1. The molecule has 0 N–H and O–H groups in total. The maximum atomic E-state index is 13.1. The highest BCUT2D eigenvalue weighted by Crippen LogP contribution is 2.29. The SMILES string of the molecule is CCc1nc2ccc(C)cn2c1N(C)c1nc(-c2ccc(F)cc2)no1. The monoisotopic (exact) mass is 351 g/mol. The Bertz CT molecular complexity index is 1070. The number of aromatic nitrogens is 4. The third-order valence-corrected chi connectivity index (χ3v) is 4.27. The highest BCUT2D eigenvalue weighted by molar-refractivity contribution is 5.63. The molecule has 0 unspecified atom stereocenters. The summed E-state index contributed by atoms with van der Waals surface area (Å²) in [5, 5.41) is 4.02. The molecule has 3 heterocycles. The molecule has 4 aromatic rings. The minimum absolute atomic E-state index is 0.303. The van der Waals surface area contributed by atoms with Crippen LogP contribution in [-0.4, -0.2) is 26.6 Å². The maximum Gasteiger partial charge on any atom is 0.329 e. The topological polar surface area (TPSA) is 59.5 Å². The van der Waals surface area contributed by atoms with Crippen molar-refractivity contribution in [2.45, 2.75) is 20.3 Å². The number of fused-ring (bicyclic) bond motifs is 1. The Labute approximate surface area is 149 Å². The van der Waals surface area contributed by atoms with Gasteiger partial charge in [0.15, 0.2) is 0 Å². The number of rotatable bonds is 4. The Morgan fingerprint density at radius 3 is 2.62 bits per heavy atom. The fourth-order valence-electron chi connectivity index (χ4n) is 2.94. The second-order valence-electron chi connectivity index (χ2n) is 6.14. The van der Waals surface area contributed by atoms with Crippen molar-refractivity contribution >= 4 is 17.5 Å². The van der Waals surface area contributed by atoms with Gasteiger partial charge in [-0.2, -0.15) is 4.98 Å². The molecule has 0 bridgehead atoms. The fraction of sp³-hybridized carbons (Fsp3) is 0.211. The Kier molecular flexibility index (Phi) is 3.91. The first kappa shape index (κ1) is 16.3. The Balaban J connectivity index is 1.76. The van der Waals surface area contributed by atoms with E-state index in [0.717, 1.165) is 29.1 Å². The van der Waals surface area contributed by atoms with Gasteiger partial charge in [0.05, 0.1) is 5.69 Å². The molecule has 7 heteroatoms. The van der Waals surface area contributed by atoms with Gasteiger partial charge in [-0.1, -0.05) is 18.1 Å². The average Bonchev–Trinajstić information content (AvgIpc) is 3.26. The number of anilines is 2. The van der Waals surface area contributed by atoms with Gasteiger partial charge < -0.3 is 4.52 Å². The lowest BCUT2D eigenvalue weighted by molar-refractivity contribution is 0.425. The van der Waals surface area contributed by atoms with Crippen LogP contribution in [-0.2, 0) is 6.42 Å². The number of pyridine rings is 1. The van der Waals surface area contributed by atoms with E-state index in [0.29, 0.717) is 17.4 Å². The van der Waals surface area contributed by atoms with Crippen LogP contribution < -0.4 is 4.90 Å². The zero-order valence-corrected chi connectivity index (χ0v) is 14.8. The standard InChI is InChI=1S/C19H18FN5O/c1-4-15-18(25-11-12(2)5-10-16(25)21-15)24(3)19-22-17(23-26-19)13-6-8-14(20)9-7-13/h5-11H,4H2,1-3H3. The molecule has 6 nitrogen and oxygen atoms in total. The van der Waals surface area contributed by atoms with E-state index in [2.05, 4.69) is 22.0 Å². The summed E-state index contributed by atoms with van der Waals surface area (Å²) in [6.45, 7) is 4.10. The number of halogens is 1. The van der Waals surface area contributed by atoms with Crippen molar-refractivity contribution < 1.29 is 8.91 Å². The lowest BCUT2D eigenvalue weighted by Gasteiger charge is -2.15. The van der Waals surface area contributed by atoms with E-state index < -0.39 is 0 Å². The normalized spacial score (nSPS) is 11.2. The molecular formula is C19H18FN5O. The van der Waals surface area contributed by atoms with E-state index in [1.54, 1.807) is 12.1 Å². The summed E-state index contributed by atoms with van der Waals surface area (Å²) in [6, 6.07) is 10.4. The fourth-order valence-corrected chi connectivity index (χ4v) is 2.94. The number of nitrogens with zero attached hydrogens (tertiary/aromatic N) is 5. The number of hydrogen-bond donors (Lipinski definition) is 0. The summed E-state index contributed by atoms with van der Waals surface area (Å²) in [6.07, 6.45) is 2.81. The van der Waals surface area contributed by atoms with E-state index >= 15 is 0 Å². The van der Waals surface area contributed by atoms with Crippen molar-refractivity contribution in [1.29, 1.82) is 0 Å². The van der Waals surface area contributed by atoms with Crippen molar-refractivity contribution in [2.75, 3.05) is 11.9 Å². The summed E-state index contributed by atoms with van der Waals surface area (Å²) in [7, 11) is 1.87. The zero-order valence-electron chi connectivity index (χ0n) is 14.8. The molecular weight excluding hydrogens is 333 g/mol. The van der Waals surface area contributed by atoms with Crippen molar-refractivity contribution in [3.05, 3.63) is 59.7 Å². The number of hydrogen-bond acceptors (Lipinski definition) is 5. The predicted molar refractivity (Wildman–Crippen MR) is 97.1 cm³/mol. The van der Waals surface area contributed by atoms with Gasteiger partial charge in [0.25, 0.3) is 0 Å². The van der Waals surface area contributed by atoms with E-state index in [1.807, 2.05) is 41.6 Å². The molecule has 0 atom stereocenters. The van der Waals surface area contributed by atoms with Crippen LogP contribution in [0.3, 0.4) is 0 Å². The maximum absolute atomic E-state index is 13.1. The first-order valence-corrected chi connectivity index (χ1v) is 8.37. The van der Waals surface area contributed by atoms with Gasteiger partial charge in [0, 0.05) is 18.8 Å². The Hall–Kier alpha value is -3.22. The minimum Gasteiger partial charge on any atom is -0.314 e. The van der Waals surface area contributed by atoms with E-state index in [4.69, 9.17) is 4.52 Å². The molecule has 3 aromatic heterocycles. The van der Waals surface area contributed by atoms with Crippen LogP contribution in [0.15, 0.2) is 47.1 Å². The largest absolute Gasteiger partial charge is 0.329 e. The van der Waals surface area contributed by atoms with E-state index in [9.17, 15) is 4.39 Å². The molecule has 0 aliphatic rings. The molecule has 1 aromatic carbocycles. The van der Waals surface area contributed by atoms with E-state index in [1.165, 1.54) is 12.1 Å². The van der Waals surface area contributed by atoms with E-state index in [-0.39, 0.29) is 5.82 Å². The van der Waals surface area contributed by atoms with Crippen LogP contribution in [0.1, 0.15) is 18.2 Å². The second-order valence-corrected chi connectivity index (χ2v) is 6.14. The quantitative estimate of drug-likeness (QED) is 0.552. The summed E-state index contributed by atoms with van der Waals surface area (Å²) in [5.41, 5.74) is 3.64. The molecule has 0 fully saturated rings. The molecule has 0 aliphatic carbocycles. The van der Waals surface area contributed by atoms with Crippen LogP contribution in [0.4, 0.5) is 16.2 Å². The molecule has 0 radical (unpaired) electrons. The van der Waals surface area contributed by atoms with Crippen molar-refractivity contribution in [3.8, 4) is 11.4 Å². The smallest absolute Gasteiger partial charge is 0.314 e. The summed E-state index contributed by atoms with van der Waals surface area (Å²) in [4.78, 5) is 11.0. The molecule has 0 aliphatic heterocycles. The first-order chi connectivity index (χ1) is 12.6. The predicted octanol–water partition coefficient (Wildman–Crippen LogP) is 4.16. The Morgan fingerprint density at radius 1 is 1.12 bits per heavy atom. The van der Waals surface area contributed by atoms with Gasteiger partial charge in [0.1, 0.15) is 17.3 Å². The summed E-state index contributed by atoms with van der Waals surface area (Å²) >= 11 is 0. The van der Waals surface area contributed by atoms with Crippen molar-refractivity contribution in [2.24, 2.45) is 0 Å². The lowest BCUT2D eigenvalue weighted by Crippen LogP contribution is -2.14. The number of aryl methyl sites for hydroxylation is 2. The molecule has 26 heavy (non-hydrogen) atoms. The zero-order chi connectivity index (χ0) is 18.3. The first-order valence-electron chi connectivity index (χ1n) is 8.37. The van der Waals surface area contributed by atoms with Crippen LogP contribution in [0.25, 0.3) is 17.0 Å². The van der Waals surface area contributed by atoms with Gasteiger partial charge in [0.2, 0.25) is 5.82 Å². The van der Waals surface area contributed by atoms with Gasteiger partial charge in [-0.25, -0.2) is 9.37 Å². The van der Waals surface area contributed by atoms with Crippen molar-refractivity contribution in [1.82, 2.24) is 19.5 Å². The van der Waals surface area contributed by atoms with Gasteiger partial charge in [-0.3, -0.25) is 9.30 Å². The molecule has 0 saturated carbocycles. The molecule has 0 spiro atoms. The van der Waals surface area contributed by atoms with Gasteiger partial charge in [-0.15, -0.1) is 0 Å². The van der Waals surface area contributed by atoms with Crippen LogP contribution >= 0.6 is 0 Å². The average molecular weight is 351 g/mol. The lowest BCUT2D eigenvalue weighted by atomic mass is 10.2. The molecule has 132 valence electrons. The summed E-state index contributed by atoms with van der Waals surface area (Å²) in [5.74, 6) is 0.999. The molecule has 4 rings (SSSR count). The van der Waals surface area contributed by atoms with Gasteiger partial charge >= 0.3 is 6.01 Å². The summed E-state index contributed by atoms with van der Waals surface area (Å²) < 4.78 is 20.6. The van der Waals surface area contributed by atoms with Crippen LogP contribution in [0.2, 0.25) is 0 Å². The second kappa shape index (κ2) is 6.25. The van der Waals surface area contributed by atoms with Crippen LogP contribution in [0.5, 0.6) is 0 Å². The third-order valence-electron chi connectivity index (χ3n) is 4.27. The number of imidazole rings is 1. The highest BCUT2D eigenvalue weighted by Gasteiger charge is 2.21. The van der Waals surface area contributed by atoms with Crippen molar-refractivity contribution in [3.63, 3.8) is 0 Å². The highest BCUT2D eigenvalue weighted by atomic mass is 19.1. The van der Waals surface area contributed by atoms with Crippen LogP contribution in [0, 0.1) is 12.7 Å².